The van der Waals surface area contributed by atoms with Gasteiger partial charge >= 0.3 is 6.18 Å². The summed E-state index contributed by atoms with van der Waals surface area (Å²) in [4.78, 5) is 15.4. The lowest BCUT2D eigenvalue weighted by molar-refractivity contribution is -0.137. The number of rotatable bonds is 7. The van der Waals surface area contributed by atoms with Crippen LogP contribution in [0.15, 0.2) is 41.4 Å². The molecule has 1 aliphatic rings. The Morgan fingerprint density at radius 3 is 2.39 bits per heavy atom. The number of anilines is 1. The van der Waals surface area contributed by atoms with Crippen molar-refractivity contribution in [3.8, 4) is 5.88 Å². The quantitative estimate of drug-likeness (QED) is 0.605. The monoisotopic (exact) mass is 485 g/mol. The van der Waals surface area contributed by atoms with Crippen LogP contribution < -0.4 is 14.8 Å². The second-order valence-electron chi connectivity index (χ2n) is 7.98. The van der Waals surface area contributed by atoms with Crippen molar-refractivity contribution in [3.05, 3.63) is 47.7 Å². The van der Waals surface area contributed by atoms with Gasteiger partial charge in [-0.15, -0.1) is 0 Å². The maximum absolute atomic E-state index is 12.9. The molecule has 1 aliphatic carbocycles. The van der Waals surface area contributed by atoms with E-state index in [1.807, 2.05) is 0 Å². The molecular weight excluding hydrogens is 459 g/mol. The molecule has 11 heteroatoms. The van der Waals surface area contributed by atoms with Crippen LogP contribution in [0.25, 0.3) is 0 Å². The Bertz CT molecular complexity index is 1080. The number of nitrogens with one attached hydrogen (secondary N) is 2. The lowest BCUT2D eigenvalue weighted by atomic mass is 9.94. The molecule has 3 rings (SSSR count). The minimum atomic E-state index is -4.46. The molecule has 1 saturated carbocycles. The highest BCUT2D eigenvalue weighted by molar-refractivity contribution is 7.89. The summed E-state index contributed by atoms with van der Waals surface area (Å²) in [6, 6.07) is 6.46. The van der Waals surface area contributed by atoms with E-state index in [2.05, 4.69) is 15.0 Å². The van der Waals surface area contributed by atoms with E-state index in [1.54, 1.807) is 26.0 Å². The van der Waals surface area contributed by atoms with Gasteiger partial charge in [-0.05, 0) is 62.4 Å². The number of hydrogen-bond acceptors (Lipinski definition) is 5. The van der Waals surface area contributed by atoms with Gasteiger partial charge < -0.3 is 10.1 Å². The third-order valence-corrected chi connectivity index (χ3v) is 7.10. The zero-order valence-corrected chi connectivity index (χ0v) is 19.1. The highest BCUT2D eigenvalue weighted by Crippen LogP contribution is 2.30. The molecule has 1 aromatic heterocycles. The van der Waals surface area contributed by atoms with Crippen molar-refractivity contribution in [3.63, 3.8) is 0 Å². The molecule has 1 aromatic carbocycles. The molecule has 1 amide bonds. The summed E-state index contributed by atoms with van der Waals surface area (Å²) in [5, 5.41) is 2.70. The van der Waals surface area contributed by atoms with Gasteiger partial charge in [0.1, 0.15) is 6.10 Å². The van der Waals surface area contributed by atoms with Crippen molar-refractivity contribution in [1.29, 1.82) is 0 Å². The van der Waals surface area contributed by atoms with Crippen molar-refractivity contribution in [2.45, 2.75) is 69.2 Å². The molecule has 0 aliphatic heterocycles. The lowest BCUT2D eigenvalue weighted by Crippen LogP contribution is -2.39. The molecule has 0 saturated heterocycles. The van der Waals surface area contributed by atoms with Crippen LogP contribution in [0.4, 0.5) is 18.9 Å². The Kier molecular flexibility index (Phi) is 7.63. The van der Waals surface area contributed by atoms with Gasteiger partial charge in [-0.3, -0.25) is 4.79 Å². The van der Waals surface area contributed by atoms with Crippen molar-refractivity contribution < 1.29 is 31.1 Å². The molecule has 33 heavy (non-hydrogen) atoms. The van der Waals surface area contributed by atoms with E-state index in [4.69, 9.17) is 4.74 Å². The van der Waals surface area contributed by atoms with Gasteiger partial charge in [0, 0.05) is 30.4 Å². The number of carbonyl (C=O) groups excluding carboxylic acids is 1. The number of ether oxygens (including phenoxy) is 1. The van der Waals surface area contributed by atoms with Gasteiger partial charge in [-0.2, -0.15) is 13.2 Å². The maximum atomic E-state index is 12.9. The van der Waals surface area contributed by atoms with Crippen LogP contribution >= 0.6 is 0 Å². The molecule has 180 valence electrons. The second kappa shape index (κ2) is 10.1. The Hall–Kier alpha value is -2.66. The number of aromatic nitrogens is 1. The smallest absolute Gasteiger partial charge is 0.417 e. The van der Waals surface area contributed by atoms with Crippen molar-refractivity contribution in [1.82, 2.24) is 9.71 Å². The van der Waals surface area contributed by atoms with E-state index in [-0.39, 0.29) is 28.8 Å². The fraction of sp³-hybridized carbons (Fsp3) is 0.455. The molecule has 0 bridgehead atoms. The highest BCUT2D eigenvalue weighted by Gasteiger charge is 2.31. The third-order valence-electron chi connectivity index (χ3n) is 5.42. The normalized spacial score (nSPS) is 19.2. The molecule has 2 N–H and O–H groups in total. The summed E-state index contributed by atoms with van der Waals surface area (Å²) in [6.07, 6.45) is -1.53. The van der Waals surface area contributed by atoms with Gasteiger partial charge in [-0.1, -0.05) is 6.92 Å². The first-order valence-electron chi connectivity index (χ1n) is 10.6. The number of amides is 1. The Morgan fingerprint density at radius 1 is 1.15 bits per heavy atom. The Balaban J connectivity index is 1.55. The average Bonchev–Trinajstić information content (AvgIpc) is 2.74. The number of nitrogens with zero attached hydrogens (tertiary/aromatic N) is 1. The van der Waals surface area contributed by atoms with E-state index in [9.17, 15) is 26.4 Å². The molecule has 0 atom stereocenters. The van der Waals surface area contributed by atoms with Crippen LogP contribution in [-0.4, -0.2) is 31.5 Å². The minimum absolute atomic E-state index is 0.109. The Labute approximate surface area is 190 Å². The first-order valence-corrected chi connectivity index (χ1v) is 12.1. The summed E-state index contributed by atoms with van der Waals surface area (Å²) in [7, 11) is -3.76. The number of pyridine rings is 1. The summed E-state index contributed by atoms with van der Waals surface area (Å²) in [5.41, 5.74) is 0.207. The number of carbonyl (C=O) groups is 1. The molecule has 1 fully saturated rings. The lowest BCUT2D eigenvalue weighted by Gasteiger charge is -2.29. The molecule has 0 spiro atoms. The highest BCUT2D eigenvalue weighted by atomic mass is 32.2. The fourth-order valence-corrected chi connectivity index (χ4v) is 5.18. The average molecular weight is 486 g/mol. The van der Waals surface area contributed by atoms with E-state index in [1.165, 1.54) is 12.1 Å². The SMILES string of the molecule is CCC(=O)Nc1ccc(S(=O)(=O)NC2CCC(Oc3ccc(C(F)(F)F)cn3)CC2)c(C)c1. The van der Waals surface area contributed by atoms with Crippen molar-refractivity contribution >= 4 is 21.6 Å². The summed E-state index contributed by atoms with van der Waals surface area (Å²) >= 11 is 0. The topological polar surface area (TPSA) is 97.4 Å². The van der Waals surface area contributed by atoms with Crippen molar-refractivity contribution in [2.75, 3.05) is 5.32 Å². The predicted molar refractivity (Wildman–Crippen MR) is 116 cm³/mol. The van der Waals surface area contributed by atoms with Gasteiger partial charge in [0.25, 0.3) is 0 Å². The first-order chi connectivity index (χ1) is 15.5. The number of halogens is 3. The van der Waals surface area contributed by atoms with Crippen LogP contribution in [0.1, 0.15) is 50.2 Å². The number of sulfonamides is 1. The third kappa shape index (κ3) is 6.67. The second-order valence-corrected chi connectivity index (χ2v) is 9.66. The Morgan fingerprint density at radius 2 is 1.85 bits per heavy atom. The number of hydrogen-bond donors (Lipinski definition) is 2. The zero-order chi connectivity index (χ0) is 24.2. The largest absolute Gasteiger partial charge is 0.474 e. The maximum Gasteiger partial charge on any atom is 0.417 e. The summed E-state index contributed by atoms with van der Waals surface area (Å²) < 4.78 is 72.0. The minimum Gasteiger partial charge on any atom is -0.474 e. The van der Waals surface area contributed by atoms with E-state index in [0.717, 1.165) is 12.3 Å². The van der Waals surface area contributed by atoms with Gasteiger partial charge in [-0.25, -0.2) is 18.1 Å². The van der Waals surface area contributed by atoms with Crippen LogP contribution in [0.5, 0.6) is 5.88 Å². The van der Waals surface area contributed by atoms with Crippen LogP contribution in [-0.2, 0) is 21.0 Å². The fourth-order valence-electron chi connectivity index (χ4n) is 3.65. The van der Waals surface area contributed by atoms with Gasteiger partial charge in [0.15, 0.2) is 0 Å². The molecule has 0 radical (unpaired) electrons. The van der Waals surface area contributed by atoms with E-state index >= 15 is 0 Å². The zero-order valence-electron chi connectivity index (χ0n) is 18.3. The number of alkyl halides is 3. The van der Waals surface area contributed by atoms with Crippen LogP contribution in [0.2, 0.25) is 0 Å². The van der Waals surface area contributed by atoms with E-state index in [0.29, 0.717) is 43.4 Å². The summed E-state index contributed by atoms with van der Waals surface area (Å²) in [6.45, 7) is 3.39. The number of aryl methyl sites for hydroxylation is 1. The first kappa shape index (κ1) is 25.0. The van der Waals surface area contributed by atoms with Gasteiger partial charge in [0.05, 0.1) is 10.5 Å². The molecule has 1 heterocycles. The van der Waals surface area contributed by atoms with Crippen LogP contribution in [0.3, 0.4) is 0 Å². The van der Waals surface area contributed by atoms with Crippen LogP contribution in [0, 0.1) is 6.92 Å². The van der Waals surface area contributed by atoms with E-state index < -0.39 is 21.8 Å². The summed E-state index contributed by atoms with van der Waals surface area (Å²) in [5.74, 6) is -0.0495. The predicted octanol–water partition coefficient (Wildman–Crippen LogP) is 4.43. The molecule has 2 aromatic rings. The number of benzene rings is 1. The molecular formula is C22H26F3N3O4S. The standard InChI is InChI=1S/C22H26F3N3O4S/c1-3-20(29)27-17-7-10-19(14(2)12-17)33(30,31)28-16-5-8-18(9-6-16)32-21-11-4-15(13-26-21)22(23,24)25/h4,7,10-13,16,18,28H,3,5-6,8-9H2,1-2H3,(H,27,29). The van der Waals surface area contributed by atoms with Gasteiger partial charge in [0.2, 0.25) is 21.8 Å². The van der Waals surface area contributed by atoms with Crippen molar-refractivity contribution in [2.24, 2.45) is 0 Å². The molecule has 7 nitrogen and oxygen atoms in total. The molecule has 0 unspecified atom stereocenters.